The van der Waals surface area contributed by atoms with Crippen LogP contribution in [0, 0.1) is 0 Å². The summed E-state index contributed by atoms with van der Waals surface area (Å²) in [5.74, 6) is -0.415. The van der Waals surface area contributed by atoms with E-state index in [2.05, 4.69) is 4.74 Å². The Morgan fingerprint density at radius 2 is 1.73 bits per heavy atom. The van der Waals surface area contributed by atoms with Crippen LogP contribution in [0.4, 0.5) is 0 Å². The molecule has 15 heavy (non-hydrogen) atoms. The highest BCUT2D eigenvalue weighted by molar-refractivity contribution is 7.54. The fourth-order valence-electron chi connectivity index (χ4n) is 1.09. The summed E-state index contributed by atoms with van der Waals surface area (Å²) >= 11 is 0. The van der Waals surface area contributed by atoms with Gasteiger partial charge < -0.3 is 13.8 Å². The second-order valence-electron chi connectivity index (χ2n) is 3.00. The molecule has 0 N–H and O–H groups in total. The van der Waals surface area contributed by atoms with Crippen molar-refractivity contribution in [1.29, 1.82) is 0 Å². The highest BCUT2D eigenvalue weighted by Gasteiger charge is 2.33. The average molecular weight is 238 g/mol. The molecule has 0 spiro atoms. The lowest BCUT2D eigenvalue weighted by molar-refractivity contribution is -0.140. The third-order valence-corrected chi connectivity index (χ3v) is 4.35. The molecule has 90 valence electrons. The van der Waals surface area contributed by atoms with E-state index in [0.29, 0.717) is 13.2 Å². The van der Waals surface area contributed by atoms with Crippen molar-refractivity contribution < 1.29 is 23.1 Å². The van der Waals surface area contributed by atoms with Crippen molar-refractivity contribution in [2.75, 3.05) is 20.3 Å². The van der Waals surface area contributed by atoms with Gasteiger partial charge in [-0.3, -0.25) is 9.36 Å². The lowest BCUT2D eigenvalue weighted by atomic mass is 10.3. The van der Waals surface area contributed by atoms with Gasteiger partial charge in [0, 0.05) is 0 Å². The summed E-state index contributed by atoms with van der Waals surface area (Å²) in [6.45, 7) is 5.71. The van der Waals surface area contributed by atoms with Gasteiger partial charge in [0.05, 0.1) is 32.4 Å². The van der Waals surface area contributed by atoms with Crippen molar-refractivity contribution in [2.24, 2.45) is 0 Å². The number of methoxy groups -OCH3 is 1. The van der Waals surface area contributed by atoms with E-state index >= 15 is 0 Å². The molecular weight excluding hydrogens is 219 g/mol. The standard InChI is InChI=1S/C9H19O5P/c1-5-13-15(11,14-6-2)8(3)7-9(10)12-4/h8H,5-7H2,1-4H3/t8-/m1/s1. The molecule has 5 nitrogen and oxygen atoms in total. The van der Waals surface area contributed by atoms with E-state index in [-0.39, 0.29) is 6.42 Å². The smallest absolute Gasteiger partial charge is 0.334 e. The number of carbonyl (C=O) groups excluding carboxylic acids is 1. The molecular formula is C9H19O5P. The molecule has 0 aliphatic heterocycles. The predicted octanol–water partition coefficient (Wildman–Crippen LogP) is 2.20. The van der Waals surface area contributed by atoms with Gasteiger partial charge in [0.15, 0.2) is 0 Å². The quantitative estimate of drug-likeness (QED) is 0.502. The molecule has 0 aromatic carbocycles. The van der Waals surface area contributed by atoms with E-state index in [1.807, 2.05) is 0 Å². The molecule has 0 bridgehead atoms. The van der Waals surface area contributed by atoms with Crippen molar-refractivity contribution in [2.45, 2.75) is 32.9 Å². The molecule has 6 heteroatoms. The zero-order chi connectivity index (χ0) is 11.9. The number of hydrogen-bond donors (Lipinski definition) is 0. The molecule has 0 saturated heterocycles. The third kappa shape index (κ3) is 4.78. The Balaban J connectivity index is 4.47. The van der Waals surface area contributed by atoms with Crippen molar-refractivity contribution >= 4 is 13.6 Å². The molecule has 0 aromatic heterocycles. The van der Waals surface area contributed by atoms with Crippen LogP contribution in [0.5, 0.6) is 0 Å². The number of carbonyl (C=O) groups is 1. The van der Waals surface area contributed by atoms with Gasteiger partial charge in [-0.15, -0.1) is 0 Å². The molecule has 0 rings (SSSR count). The van der Waals surface area contributed by atoms with Crippen molar-refractivity contribution in [3.05, 3.63) is 0 Å². The molecule has 0 aliphatic rings. The minimum atomic E-state index is -3.18. The molecule has 0 radical (unpaired) electrons. The Morgan fingerprint density at radius 3 is 2.07 bits per heavy atom. The van der Waals surface area contributed by atoms with Gasteiger partial charge >= 0.3 is 13.6 Å². The van der Waals surface area contributed by atoms with Gasteiger partial charge in [0.25, 0.3) is 0 Å². The first-order valence-electron chi connectivity index (χ1n) is 4.95. The first-order chi connectivity index (χ1) is 7.00. The van der Waals surface area contributed by atoms with Crippen LogP contribution in [0.25, 0.3) is 0 Å². The van der Waals surface area contributed by atoms with Gasteiger partial charge in [0.2, 0.25) is 0 Å². The van der Waals surface area contributed by atoms with Crippen LogP contribution in [0.15, 0.2) is 0 Å². The summed E-state index contributed by atoms with van der Waals surface area (Å²) in [7, 11) is -1.89. The van der Waals surface area contributed by atoms with Gasteiger partial charge in [0.1, 0.15) is 0 Å². The second kappa shape index (κ2) is 6.99. The van der Waals surface area contributed by atoms with E-state index in [1.54, 1.807) is 20.8 Å². The lowest BCUT2D eigenvalue weighted by Crippen LogP contribution is -2.15. The Kier molecular flexibility index (Phi) is 6.81. The summed E-state index contributed by atoms with van der Waals surface area (Å²) in [6, 6.07) is 0. The van der Waals surface area contributed by atoms with Crippen LogP contribution < -0.4 is 0 Å². The zero-order valence-electron chi connectivity index (χ0n) is 9.69. The summed E-state index contributed by atoms with van der Waals surface area (Å²) in [5.41, 5.74) is -0.482. The largest absolute Gasteiger partial charge is 0.469 e. The van der Waals surface area contributed by atoms with Crippen LogP contribution in [-0.4, -0.2) is 32.0 Å². The Labute approximate surface area is 90.6 Å². The fraction of sp³-hybridized carbons (Fsp3) is 0.889. The van der Waals surface area contributed by atoms with E-state index < -0.39 is 19.2 Å². The van der Waals surface area contributed by atoms with E-state index in [1.165, 1.54) is 7.11 Å². The SMILES string of the molecule is CCOP(=O)(OCC)[C@H](C)CC(=O)OC. The Bertz CT molecular complexity index is 231. The maximum absolute atomic E-state index is 12.1. The summed E-state index contributed by atoms with van der Waals surface area (Å²) < 4.78 is 26.8. The summed E-state index contributed by atoms with van der Waals surface area (Å²) in [5, 5.41) is 0. The number of hydrogen-bond acceptors (Lipinski definition) is 5. The molecule has 0 unspecified atom stereocenters. The van der Waals surface area contributed by atoms with Crippen LogP contribution in [0.3, 0.4) is 0 Å². The third-order valence-electron chi connectivity index (χ3n) is 1.85. The highest BCUT2D eigenvalue weighted by Crippen LogP contribution is 2.53. The zero-order valence-corrected chi connectivity index (χ0v) is 10.6. The number of esters is 1. The minimum absolute atomic E-state index is 0.0355. The fourth-order valence-corrected chi connectivity index (χ4v) is 2.76. The van der Waals surface area contributed by atoms with Crippen molar-refractivity contribution in [1.82, 2.24) is 0 Å². The molecule has 0 aromatic rings. The van der Waals surface area contributed by atoms with Gasteiger partial charge in [-0.1, -0.05) is 6.92 Å². The van der Waals surface area contributed by atoms with Crippen LogP contribution in [0.2, 0.25) is 0 Å². The molecule has 1 atom stereocenters. The highest BCUT2D eigenvalue weighted by atomic mass is 31.2. The maximum atomic E-state index is 12.1. The Morgan fingerprint density at radius 1 is 1.27 bits per heavy atom. The van der Waals surface area contributed by atoms with E-state index in [4.69, 9.17) is 9.05 Å². The van der Waals surface area contributed by atoms with Crippen LogP contribution in [-0.2, 0) is 23.1 Å². The number of ether oxygens (including phenoxy) is 1. The van der Waals surface area contributed by atoms with Crippen molar-refractivity contribution in [3.8, 4) is 0 Å². The van der Waals surface area contributed by atoms with E-state index in [0.717, 1.165) is 0 Å². The van der Waals surface area contributed by atoms with Gasteiger partial charge in [-0.2, -0.15) is 0 Å². The van der Waals surface area contributed by atoms with Crippen LogP contribution in [0.1, 0.15) is 27.2 Å². The summed E-state index contributed by atoms with van der Waals surface area (Å²) in [6.07, 6.45) is 0.0355. The van der Waals surface area contributed by atoms with E-state index in [9.17, 15) is 9.36 Å². The van der Waals surface area contributed by atoms with Crippen molar-refractivity contribution in [3.63, 3.8) is 0 Å². The average Bonchev–Trinajstić information content (AvgIpc) is 2.18. The van der Waals surface area contributed by atoms with Gasteiger partial charge in [-0.05, 0) is 13.8 Å². The number of rotatable bonds is 7. The molecule has 0 amide bonds. The topological polar surface area (TPSA) is 61.8 Å². The first-order valence-corrected chi connectivity index (χ1v) is 6.56. The molecule has 0 aliphatic carbocycles. The maximum Gasteiger partial charge on any atom is 0.334 e. The van der Waals surface area contributed by atoms with Gasteiger partial charge in [-0.25, -0.2) is 0 Å². The minimum Gasteiger partial charge on any atom is -0.469 e. The first kappa shape index (κ1) is 14.6. The monoisotopic (exact) mass is 238 g/mol. The molecule has 0 saturated carbocycles. The normalized spacial score (nSPS) is 13.6. The lowest BCUT2D eigenvalue weighted by Gasteiger charge is -2.22. The Hall–Kier alpha value is -0.380. The van der Waals surface area contributed by atoms with Crippen LogP contribution >= 0.6 is 7.60 Å². The molecule has 0 heterocycles. The second-order valence-corrected chi connectivity index (χ2v) is 5.48. The predicted molar refractivity (Wildman–Crippen MR) is 57.0 cm³/mol. The molecule has 0 fully saturated rings. The summed E-state index contributed by atoms with van der Waals surface area (Å²) in [4.78, 5) is 11.0.